The minimum Gasteiger partial charge on any atom is -0.490 e. The predicted molar refractivity (Wildman–Crippen MR) is 175 cm³/mol. The molecular formula is C36H44N4O4. The summed E-state index contributed by atoms with van der Waals surface area (Å²) in [6.45, 7) is 7.87. The molecule has 0 spiro atoms. The number of rotatable bonds is 6. The van der Waals surface area contributed by atoms with Gasteiger partial charge in [0, 0.05) is 56.1 Å². The van der Waals surface area contributed by atoms with Crippen molar-refractivity contribution < 1.29 is 19.4 Å². The van der Waals surface area contributed by atoms with E-state index in [1.165, 1.54) is 5.56 Å². The monoisotopic (exact) mass is 596 g/mol. The van der Waals surface area contributed by atoms with Crippen LogP contribution in [0.25, 0.3) is 22.0 Å². The van der Waals surface area contributed by atoms with E-state index in [-0.39, 0.29) is 30.6 Å². The van der Waals surface area contributed by atoms with Crippen molar-refractivity contribution in [2.24, 2.45) is 13.0 Å². The summed E-state index contributed by atoms with van der Waals surface area (Å²) >= 11 is 0. The number of aliphatic hydroxyl groups is 1. The summed E-state index contributed by atoms with van der Waals surface area (Å²) in [5.74, 6) is 0.870. The van der Waals surface area contributed by atoms with Gasteiger partial charge in [0.25, 0.3) is 5.91 Å². The van der Waals surface area contributed by atoms with E-state index in [4.69, 9.17) is 9.47 Å². The molecule has 0 aliphatic carbocycles. The number of aliphatic hydroxyl groups excluding tert-OH is 1. The number of fused-ring (bicyclic) bond motifs is 6. The fourth-order valence-electron chi connectivity index (χ4n) is 6.71. The molecule has 0 saturated heterocycles. The van der Waals surface area contributed by atoms with Gasteiger partial charge in [0.15, 0.2) is 0 Å². The summed E-state index contributed by atoms with van der Waals surface area (Å²) in [5.41, 5.74) is 6.93. The van der Waals surface area contributed by atoms with E-state index in [1.807, 2.05) is 47.7 Å². The normalized spacial score (nSPS) is 19.7. The molecule has 232 valence electrons. The first-order valence-corrected chi connectivity index (χ1v) is 15.6. The number of carbonyl (C=O) groups excluding carboxylic acids is 1. The topological polar surface area (TPSA) is 70.4 Å². The van der Waals surface area contributed by atoms with Crippen LogP contribution in [0.5, 0.6) is 5.75 Å². The molecule has 2 aliphatic rings. The molecular weight excluding hydrogens is 552 g/mol. The molecule has 8 heteroatoms. The van der Waals surface area contributed by atoms with Crippen LogP contribution in [0.1, 0.15) is 35.5 Å². The number of hydrogen-bond donors (Lipinski definition) is 1. The van der Waals surface area contributed by atoms with Crippen LogP contribution in [0.4, 0.5) is 5.69 Å². The van der Waals surface area contributed by atoms with Crippen molar-refractivity contribution in [1.82, 2.24) is 14.4 Å². The van der Waals surface area contributed by atoms with Crippen molar-refractivity contribution in [2.45, 2.75) is 39.1 Å². The van der Waals surface area contributed by atoms with Gasteiger partial charge in [0.1, 0.15) is 18.1 Å². The zero-order chi connectivity index (χ0) is 31.0. The fourth-order valence-corrected chi connectivity index (χ4v) is 6.71. The molecule has 3 heterocycles. The number of para-hydroxylation sites is 1. The molecule has 1 amide bonds. The molecule has 3 atom stereocenters. The summed E-state index contributed by atoms with van der Waals surface area (Å²) < 4.78 is 14.7. The molecule has 0 saturated carbocycles. The number of likely N-dealkylation sites (N-methyl/N-ethyl adjacent to an activating group) is 2. The fraction of sp³-hybridized carbons (Fsp3) is 0.417. The van der Waals surface area contributed by atoms with E-state index < -0.39 is 0 Å². The van der Waals surface area contributed by atoms with Gasteiger partial charge in [-0.3, -0.25) is 9.69 Å². The summed E-state index contributed by atoms with van der Waals surface area (Å²) in [6.07, 6.45) is -0.146. The maximum absolute atomic E-state index is 14.6. The van der Waals surface area contributed by atoms with Crippen molar-refractivity contribution in [3.63, 3.8) is 0 Å². The highest BCUT2D eigenvalue weighted by atomic mass is 16.5. The third-order valence-corrected chi connectivity index (χ3v) is 9.29. The van der Waals surface area contributed by atoms with Crippen LogP contribution in [0.15, 0.2) is 66.7 Å². The molecule has 0 bridgehead atoms. The first kappa shape index (κ1) is 30.2. The van der Waals surface area contributed by atoms with E-state index in [0.717, 1.165) is 52.1 Å². The van der Waals surface area contributed by atoms with Crippen LogP contribution in [-0.4, -0.2) is 84.5 Å². The molecule has 1 N–H and O–H groups in total. The van der Waals surface area contributed by atoms with Gasteiger partial charge in [0.05, 0.1) is 37.6 Å². The Bertz CT molecular complexity index is 1650. The third kappa shape index (κ3) is 5.70. The first-order chi connectivity index (χ1) is 21.3. The zero-order valence-electron chi connectivity index (χ0n) is 26.5. The lowest BCUT2D eigenvalue weighted by Gasteiger charge is -2.35. The maximum Gasteiger partial charge on any atom is 0.271 e. The van der Waals surface area contributed by atoms with Gasteiger partial charge in [0.2, 0.25) is 0 Å². The van der Waals surface area contributed by atoms with Crippen molar-refractivity contribution in [2.75, 3.05) is 51.8 Å². The van der Waals surface area contributed by atoms with Crippen LogP contribution in [0, 0.1) is 5.92 Å². The summed E-state index contributed by atoms with van der Waals surface area (Å²) in [4.78, 5) is 20.9. The van der Waals surface area contributed by atoms with Crippen molar-refractivity contribution in [1.29, 1.82) is 0 Å². The van der Waals surface area contributed by atoms with Gasteiger partial charge in [-0.2, -0.15) is 0 Å². The second kappa shape index (κ2) is 12.6. The van der Waals surface area contributed by atoms with E-state index in [0.29, 0.717) is 32.0 Å². The van der Waals surface area contributed by atoms with Crippen LogP contribution in [0.2, 0.25) is 0 Å². The average molecular weight is 597 g/mol. The number of benzene rings is 3. The number of aromatic nitrogens is 1. The number of nitrogens with zero attached hydrogens (tertiary/aromatic N) is 4. The minimum atomic E-state index is -0.348. The molecule has 0 unspecified atom stereocenters. The zero-order valence-corrected chi connectivity index (χ0v) is 26.5. The number of anilines is 1. The third-order valence-electron chi connectivity index (χ3n) is 9.29. The van der Waals surface area contributed by atoms with Gasteiger partial charge in [-0.15, -0.1) is 0 Å². The molecule has 3 aromatic carbocycles. The highest BCUT2D eigenvalue weighted by Gasteiger charge is 2.33. The number of ether oxygens (including phenoxy) is 2. The maximum atomic E-state index is 14.6. The van der Waals surface area contributed by atoms with Gasteiger partial charge >= 0.3 is 0 Å². The number of carbonyl (C=O) groups is 1. The molecule has 0 fully saturated rings. The van der Waals surface area contributed by atoms with Crippen LogP contribution in [0.3, 0.4) is 0 Å². The second-order valence-electron chi connectivity index (χ2n) is 12.5. The minimum absolute atomic E-state index is 0.0133. The Labute approximate surface area is 260 Å². The number of aryl methyl sites for hydroxylation is 1. The second-order valence-corrected chi connectivity index (χ2v) is 12.5. The Kier molecular flexibility index (Phi) is 8.67. The van der Waals surface area contributed by atoms with E-state index in [2.05, 4.69) is 73.3 Å². The lowest BCUT2D eigenvalue weighted by Crippen LogP contribution is -2.47. The van der Waals surface area contributed by atoms with Gasteiger partial charge in [-0.25, -0.2) is 0 Å². The molecule has 2 aliphatic heterocycles. The molecule has 1 aromatic heterocycles. The SMILES string of the molecule is C[C@@H]1CN([C@@H](C)CO)C(=O)c2c(c3ccccc3n2C)-c2ccccc2CO[C@@H]1CN(C)Cc1ccc2c(c1)OCCN2C. The first-order valence-electron chi connectivity index (χ1n) is 15.6. The highest BCUT2D eigenvalue weighted by Crippen LogP contribution is 2.38. The van der Waals surface area contributed by atoms with E-state index in [1.54, 1.807) is 0 Å². The van der Waals surface area contributed by atoms with Crippen LogP contribution < -0.4 is 9.64 Å². The Balaban J connectivity index is 1.34. The van der Waals surface area contributed by atoms with Gasteiger partial charge in [-0.05, 0) is 48.9 Å². The van der Waals surface area contributed by atoms with E-state index in [9.17, 15) is 9.90 Å². The van der Waals surface area contributed by atoms with Crippen LogP contribution in [-0.2, 0) is 24.9 Å². The van der Waals surface area contributed by atoms with Crippen molar-refractivity contribution in [3.8, 4) is 16.9 Å². The highest BCUT2D eigenvalue weighted by molar-refractivity contribution is 6.10. The number of hydrogen-bond acceptors (Lipinski definition) is 6. The van der Waals surface area contributed by atoms with Gasteiger partial charge < -0.3 is 28.9 Å². The largest absolute Gasteiger partial charge is 0.490 e. The van der Waals surface area contributed by atoms with Crippen molar-refractivity contribution in [3.05, 3.63) is 83.6 Å². The summed E-state index contributed by atoms with van der Waals surface area (Å²) in [7, 11) is 6.17. The van der Waals surface area contributed by atoms with E-state index >= 15 is 0 Å². The smallest absolute Gasteiger partial charge is 0.271 e. The van der Waals surface area contributed by atoms with Gasteiger partial charge in [-0.1, -0.05) is 55.5 Å². The quantitative estimate of drug-likeness (QED) is 0.332. The Morgan fingerprint density at radius 1 is 1.07 bits per heavy atom. The van der Waals surface area contributed by atoms with Crippen molar-refractivity contribution >= 4 is 22.5 Å². The number of amides is 1. The van der Waals surface area contributed by atoms with Crippen LogP contribution >= 0.6 is 0 Å². The molecule has 0 radical (unpaired) electrons. The summed E-state index contributed by atoms with van der Waals surface area (Å²) in [5, 5.41) is 11.3. The Morgan fingerprint density at radius 2 is 1.84 bits per heavy atom. The Morgan fingerprint density at radius 3 is 2.66 bits per heavy atom. The molecule has 4 aromatic rings. The molecule has 6 rings (SSSR count). The molecule has 44 heavy (non-hydrogen) atoms. The predicted octanol–water partition coefficient (Wildman–Crippen LogP) is 5.16. The standard InChI is InChI=1S/C36H44N4O4/c1-24-19-40(25(2)22-41)36(42)35-34(29-12-8-9-13-30(29)39(35)5)28-11-7-6-10-27(28)23-44-33(24)21-37(3)20-26-14-15-31-32(18-26)43-17-16-38(31)4/h6-15,18,24-25,33,41H,16-17,19-23H2,1-5H3/t24-,25+,33-/m1/s1. The summed E-state index contributed by atoms with van der Waals surface area (Å²) in [6, 6.07) is 22.5. The lowest BCUT2D eigenvalue weighted by atomic mass is 9.96. The lowest BCUT2D eigenvalue weighted by molar-refractivity contribution is -0.0242. The molecule has 8 nitrogen and oxygen atoms in total. The average Bonchev–Trinajstić information content (AvgIpc) is 3.32. The Hall–Kier alpha value is -3.85.